The lowest BCUT2D eigenvalue weighted by atomic mass is 10.0. The van der Waals surface area contributed by atoms with Gasteiger partial charge >= 0.3 is 5.97 Å². The summed E-state index contributed by atoms with van der Waals surface area (Å²) in [6, 6.07) is -0.646. The van der Waals surface area contributed by atoms with Gasteiger partial charge in [-0.1, -0.05) is 326 Å². The average molecular weight is 1050 g/mol. The van der Waals surface area contributed by atoms with Gasteiger partial charge in [0.2, 0.25) is 5.91 Å². The normalized spacial score (nSPS) is 12.7. The maximum Gasteiger partial charge on any atom is 0.305 e. The summed E-state index contributed by atoms with van der Waals surface area (Å²) in [4.78, 5) is 24.6. The zero-order valence-corrected chi connectivity index (χ0v) is 50.5. The van der Waals surface area contributed by atoms with E-state index in [2.05, 4.69) is 43.5 Å². The first-order chi connectivity index (χ1) is 37.0. The van der Waals surface area contributed by atoms with E-state index in [0.29, 0.717) is 19.4 Å². The van der Waals surface area contributed by atoms with Crippen molar-refractivity contribution in [3.8, 4) is 0 Å². The van der Waals surface area contributed by atoms with Gasteiger partial charge in [0, 0.05) is 12.8 Å². The van der Waals surface area contributed by atoms with E-state index >= 15 is 0 Å². The van der Waals surface area contributed by atoms with Gasteiger partial charge in [-0.05, 0) is 64.2 Å². The van der Waals surface area contributed by atoms with E-state index in [1.54, 1.807) is 6.08 Å². The zero-order chi connectivity index (χ0) is 54.3. The van der Waals surface area contributed by atoms with Crippen LogP contribution in [0.25, 0.3) is 0 Å². The molecule has 0 radical (unpaired) electrons. The van der Waals surface area contributed by atoms with Crippen LogP contribution in [-0.4, -0.2) is 47.4 Å². The number of nitrogens with one attached hydrogen (secondary N) is 1. The summed E-state index contributed by atoms with van der Waals surface area (Å²) < 4.78 is 5.47. The fraction of sp³-hybridized carbons (Fsp3) is 0.884. The monoisotopic (exact) mass is 1050 g/mol. The molecular weight excluding hydrogens is 923 g/mol. The summed E-state index contributed by atoms with van der Waals surface area (Å²) in [5.41, 5.74) is 0. The molecule has 1 amide bonds. The number of carbonyl (C=O) groups is 2. The summed E-state index contributed by atoms with van der Waals surface area (Å²) in [6.07, 6.45) is 82.1. The minimum atomic E-state index is -0.861. The number of allylic oxidation sites excluding steroid dienone is 5. The Hall–Kier alpha value is -1.92. The molecule has 75 heavy (non-hydrogen) atoms. The zero-order valence-electron chi connectivity index (χ0n) is 50.5. The number of aliphatic hydroxyl groups is 2. The quantitative estimate of drug-likeness (QED) is 0.0244. The van der Waals surface area contributed by atoms with Crippen molar-refractivity contribution in [1.29, 1.82) is 0 Å². The van der Waals surface area contributed by atoms with Gasteiger partial charge in [0.15, 0.2) is 0 Å². The van der Waals surface area contributed by atoms with Crippen LogP contribution >= 0.6 is 0 Å². The Bertz CT molecular complexity index is 1210. The highest BCUT2D eigenvalue weighted by Gasteiger charge is 2.18. The molecule has 0 saturated carbocycles. The molecule has 0 saturated heterocycles. The number of aliphatic hydroxyl groups excluding tert-OH is 2. The molecule has 0 fully saturated rings. The van der Waals surface area contributed by atoms with Gasteiger partial charge in [-0.3, -0.25) is 9.59 Å². The van der Waals surface area contributed by atoms with Crippen molar-refractivity contribution < 1.29 is 24.5 Å². The van der Waals surface area contributed by atoms with Crippen LogP contribution < -0.4 is 5.32 Å². The molecular formula is C69H131NO5. The highest BCUT2D eigenvalue weighted by Crippen LogP contribution is 2.18. The Kier molecular flexibility index (Phi) is 63.0. The smallest absolute Gasteiger partial charge is 0.305 e. The Morgan fingerprint density at radius 3 is 0.987 bits per heavy atom. The number of amides is 1. The minimum Gasteiger partial charge on any atom is -0.466 e. The first kappa shape index (κ1) is 73.1. The highest BCUT2D eigenvalue weighted by molar-refractivity contribution is 5.76. The lowest BCUT2D eigenvalue weighted by molar-refractivity contribution is -0.143. The lowest BCUT2D eigenvalue weighted by Crippen LogP contribution is -2.45. The van der Waals surface area contributed by atoms with Crippen molar-refractivity contribution in [1.82, 2.24) is 5.32 Å². The Labute approximate surface area is 468 Å². The van der Waals surface area contributed by atoms with Crippen LogP contribution in [0.5, 0.6) is 0 Å². The van der Waals surface area contributed by atoms with E-state index in [1.807, 2.05) is 6.08 Å². The van der Waals surface area contributed by atoms with Gasteiger partial charge in [-0.25, -0.2) is 0 Å². The second-order valence-corrected chi connectivity index (χ2v) is 23.2. The number of carbonyl (C=O) groups excluding carboxylic acids is 2. The summed E-state index contributed by atoms with van der Waals surface area (Å²) in [5, 5.41) is 23.2. The minimum absolute atomic E-state index is 0.0177. The van der Waals surface area contributed by atoms with E-state index in [9.17, 15) is 19.8 Å². The number of rotatable bonds is 63. The number of ether oxygens (including phenoxy) is 1. The number of esters is 1. The van der Waals surface area contributed by atoms with Crippen LogP contribution in [-0.2, 0) is 14.3 Å². The molecule has 0 aliphatic carbocycles. The van der Waals surface area contributed by atoms with Crippen molar-refractivity contribution in [2.24, 2.45) is 0 Å². The molecule has 2 atom stereocenters. The fourth-order valence-corrected chi connectivity index (χ4v) is 10.5. The predicted octanol–water partition coefficient (Wildman–Crippen LogP) is 21.5. The molecule has 3 N–H and O–H groups in total. The standard InChI is InChI=1S/C69H131NO5/c1-3-5-7-9-11-13-15-17-19-21-23-24-25-26-27-28-29-30-33-37-41-45-49-53-57-61-67(72)66(65-71)70-68(73)62-58-54-50-46-42-38-34-32-36-40-44-48-52-56-60-64-75-69(74)63-59-55-51-47-43-39-35-31-22-20-18-16-14-12-10-8-6-4-2/h32,36,40,44,57,61,66-67,71-72H,3-31,33-35,37-39,41-43,45-56,58-60,62-65H2,1-2H3,(H,70,73)/b36-32-,44-40-,61-57+. The third kappa shape index (κ3) is 61.2. The molecule has 442 valence electrons. The van der Waals surface area contributed by atoms with Gasteiger partial charge < -0.3 is 20.3 Å². The first-order valence-electron chi connectivity index (χ1n) is 33.8. The summed E-state index contributed by atoms with van der Waals surface area (Å²) in [7, 11) is 0. The molecule has 0 aliphatic rings. The summed E-state index contributed by atoms with van der Waals surface area (Å²) in [5.74, 6) is -0.104. The van der Waals surface area contributed by atoms with Crippen LogP contribution in [0.2, 0.25) is 0 Å². The van der Waals surface area contributed by atoms with Gasteiger partial charge in [0.1, 0.15) is 0 Å². The molecule has 2 unspecified atom stereocenters. The predicted molar refractivity (Wildman–Crippen MR) is 329 cm³/mol. The number of unbranched alkanes of at least 4 members (excludes halogenated alkanes) is 49. The van der Waals surface area contributed by atoms with Crippen molar-refractivity contribution >= 4 is 11.9 Å². The Balaban J connectivity index is 3.51. The van der Waals surface area contributed by atoms with Crippen LogP contribution in [0.15, 0.2) is 36.5 Å². The SMILES string of the molecule is CCCCCCCCCCCCCCCCCCCCCCCCC/C=C/C(O)C(CO)NC(=O)CCCCCCCC/C=C\C=C/CCCCCOC(=O)CCCCCCCCCCCCCCCCCCCC. The van der Waals surface area contributed by atoms with Crippen molar-refractivity contribution in [3.63, 3.8) is 0 Å². The molecule has 0 aromatic heterocycles. The number of hydrogen-bond acceptors (Lipinski definition) is 5. The molecule has 6 heteroatoms. The van der Waals surface area contributed by atoms with Crippen LogP contribution in [0.1, 0.15) is 367 Å². The van der Waals surface area contributed by atoms with E-state index in [1.165, 1.54) is 263 Å². The molecule has 0 spiro atoms. The van der Waals surface area contributed by atoms with E-state index in [0.717, 1.165) is 77.0 Å². The van der Waals surface area contributed by atoms with Crippen LogP contribution in [0.3, 0.4) is 0 Å². The average Bonchev–Trinajstić information content (AvgIpc) is 3.41. The topological polar surface area (TPSA) is 95.9 Å². The molecule has 0 rings (SSSR count). The van der Waals surface area contributed by atoms with Crippen LogP contribution in [0.4, 0.5) is 0 Å². The molecule has 0 aromatic carbocycles. The Morgan fingerprint density at radius 1 is 0.373 bits per heavy atom. The lowest BCUT2D eigenvalue weighted by Gasteiger charge is -2.20. The van der Waals surface area contributed by atoms with Crippen LogP contribution in [0, 0.1) is 0 Å². The van der Waals surface area contributed by atoms with E-state index in [4.69, 9.17) is 4.74 Å². The molecule has 0 bridgehead atoms. The maximum absolute atomic E-state index is 12.5. The largest absolute Gasteiger partial charge is 0.466 e. The second kappa shape index (κ2) is 64.6. The molecule has 0 aromatic rings. The first-order valence-corrected chi connectivity index (χ1v) is 33.8. The van der Waals surface area contributed by atoms with Crippen molar-refractivity contribution in [2.45, 2.75) is 379 Å². The Morgan fingerprint density at radius 2 is 0.653 bits per heavy atom. The summed E-state index contributed by atoms with van der Waals surface area (Å²) >= 11 is 0. The van der Waals surface area contributed by atoms with Gasteiger partial charge in [0.25, 0.3) is 0 Å². The third-order valence-corrected chi connectivity index (χ3v) is 15.7. The van der Waals surface area contributed by atoms with Crippen molar-refractivity contribution in [3.05, 3.63) is 36.5 Å². The number of hydrogen-bond donors (Lipinski definition) is 3. The molecule has 0 heterocycles. The van der Waals surface area contributed by atoms with Gasteiger partial charge in [-0.15, -0.1) is 0 Å². The fourth-order valence-electron chi connectivity index (χ4n) is 10.5. The molecule has 0 aliphatic heterocycles. The highest BCUT2D eigenvalue weighted by atomic mass is 16.5. The second-order valence-electron chi connectivity index (χ2n) is 23.2. The maximum atomic E-state index is 12.5. The summed E-state index contributed by atoms with van der Waals surface area (Å²) in [6.45, 7) is 4.88. The van der Waals surface area contributed by atoms with E-state index in [-0.39, 0.29) is 18.5 Å². The van der Waals surface area contributed by atoms with E-state index < -0.39 is 12.1 Å². The molecule has 6 nitrogen and oxygen atoms in total. The van der Waals surface area contributed by atoms with Crippen molar-refractivity contribution in [2.75, 3.05) is 13.2 Å². The van der Waals surface area contributed by atoms with Gasteiger partial charge in [0.05, 0.1) is 25.4 Å². The third-order valence-electron chi connectivity index (χ3n) is 15.7. The van der Waals surface area contributed by atoms with Gasteiger partial charge in [-0.2, -0.15) is 0 Å².